The summed E-state index contributed by atoms with van der Waals surface area (Å²) in [5.41, 5.74) is 0. The van der Waals surface area contributed by atoms with E-state index in [9.17, 15) is 14.4 Å². The molecule has 0 unspecified atom stereocenters. The van der Waals surface area contributed by atoms with Crippen molar-refractivity contribution in [1.29, 1.82) is 0 Å². The molecule has 0 N–H and O–H groups in total. The molecule has 0 fully saturated rings. The third kappa shape index (κ3) is 51.3. The Kier molecular flexibility index (Phi) is 50.9. The molecule has 0 aromatic heterocycles. The van der Waals surface area contributed by atoms with Gasteiger partial charge in [-0.1, -0.05) is 221 Å². The van der Waals surface area contributed by atoms with Crippen LogP contribution in [-0.2, 0) is 28.6 Å². The first-order valence-electron chi connectivity index (χ1n) is 27.2. The van der Waals surface area contributed by atoms with Gasteiger partial charge >= 0.3 is 17.9 Å². The monoisotopic (exact) mass is 917 g/mol. The number of allylic oxidation sites excluding steroid dienone is 16. The van der Waals surface area contributed by atoms with Crippen LogP contribution < -0.4 is 0 Å². The lowest BCUT2D eigenvalue weighted by Crippen LogP contribution is -2.30. The predicted octanol–water partition coefficient (Wildman–Crippen LogP) is 18.1. The van der Waals surface area contributed by atoms with E-state index < -0.39 is 6.10 Å². The second-order valence-electron chi connectivity index (χ2n) is 17.8. The molecule has 0 saturated carbocycles. The fourth-order valence-corrected chi connectivity index (χ4v) is 7.24. The number of carbonyl (C=O) groups is 3. The molecule has 0 radical (unpaired) electrons. The largest absolute Gasteiger partial charge is 0.462 e. The van der Waals surface area contributed by atoms with Crippen molar-refractivity contribution in [3.05, 3.63) is 97.2 Å². The number of ether oxygens (including phenoxy) is 3. The maximum absolute atomic E-state index is 12.8. The van der Waals surface area contributed by atoms with Crippen molar-refractivity contribution in [2.45, 2.75) is 252 Å². The predicted molar refractivity (Wildman–Crippen MR) is 284 cm³/mol. The summed E-state index contributed by atoms with van der Waals surface area (Å²) in [7, 11) is 0. The number of unbranched alkanes of at least 4 members (excludes halogenated alkanes) is 21. The van der Waals surface area contributed by atoms with Crippen molar-refractivity contribution < 1.29 is 28.6 Å². The molecule has 0 heterocycles. The number of hydrogen-bond acceptors (Lipinski definition) is 6. The van der Waals surface area contributed by atoms with Crippen LogP contribution in [0.4, 0.5) is 0 Å². The molecule has 1 atom stereocenters. The molecule has 66 heavy (non-hydrogen) atoms. The van der Waals surface area contributed by atoms with Crippen molar-refractivity contribution in [2.24, 2.45) is 0 Å². The molecule has 376 valence electrons. The Morgan fingerprint density at radius 2 is 0.591 bits per heavy atom. The van der Waals surface area contributed by atoms with Crippen molar-refractivity contribution in [3.8, 4) is 0 Å². The van der Waals surface area contributed by atoms with Gasteiger partial charge in [0.1, 0.15) is 13.2 Å². The van der Waals surface area contributed by atoms with E-state index in [1.807, 2.05) is 0 Å². The second kappa shape index (κ2) is 53.9. The van der Waals surface area contributed by atoms with Crippen LogP contribution >= 0.6 is 0 Å². The number of rotatable bonds is 48. The Hall–Kier alpha value is -3.67. The van der Waals surface area contributed by atoms with Gasteiger partial charge in [-0.05, 0) is 103 Å². The molecule has 0 aliphatic heterocycles. The maximum Gasteiger partial charge on any atom is 0.306 e. The van der Waals surface area contributed by atoms with Crippen LogP contribution in [0.2, 0.25) is 0 Å². The van der Waals surface area contributed by atoms with Crippen LogP contribution in [0.1, 0.15) is 245 Å². The van der Waals surface area contributed by atoms with Crippen LogP contribution in [0, 0.1) is 0 Å². The first-order chi connectivity index (χ1) is 32.5. The van der Waals surface area contributed by atoms with Crippen molar-refractivity contribution >= 4 is 17.9 Å². The highest BCUT2D eigenvalue weighted by atomic mass is 16.6. The van der Waals surface area contributed by atoms with Crippen LogP contribution in [0.25, 0.3) is 0 Å². The quantitative estimate of drug-likeness (QED) is 0.0262. The molecular formula is C60H100O6. The first kappa shape index (κ1) is 62.3. The molecule has 0 aliphatic rings. The number of hydrogen-bond donors (Lipinski definition) is 0. The Balaban J connectivity index is 4.46. The highest BCUT2D eigenvalue weighted by molar-refractivity contribution is 5.71. The van der Waals surface area contributed by atoms with E-state index in [4.69, 9.17) is 14.2 Å². The van der Waals surface area contributed by atoms with Gasteiger partial charge in [-0.3, -0.25) is 14.4 Å². The van der Waals surface area contributed by atoms with E-state index >= 15 is 0 Å². The minimum atomic E-state index is -0.800. The fraction of sp³-hybridized carbons (Fsp3) is 0.683. The molecule has 0 aromatic carbocycles. The summed E-state index contributed by atoms with van der Waals surface area (Å²) in [6.45, 7) is 6.44. The average molecular weight is 917 g/mol. The second-order valence-corrected chi connectivity index (χ2v) is 17.8. The Bertz CT molecular complexity index is 1330. The summed E-state index contributed by atoms with van der Waals surface area (Å²) in [4.78, 5) is 38.0. The highest BCUT2D eigenvalue weighted by Gasteiger charge is 2.19. The molecule has 0 bridgehead atoms. The van der Waals surface area contributed by atoms with Gasteiger partial charge in [0.05, 0.1) is 0 Å². The molecule has 0 amide bonds. The molecule has 0 spiro atoms. The molecule has 6 heteroatoms. The van der Waals surface area contributed by atoms with Gasteiger partial charge in [0, 0.05) is 19.3 Å². The number of esters is 3. The van der Waals surface area contributed by atoms with Crippen molar-refractivity contribution in [3.63, 3.8) is 0 Å². The maximum atomic E-state index is 12.8. The van der Waals surface area contributed by atoms with E-state index in [2.05, 4.69) is 118 Å². The van der Waals surface area contributed by atoms with Crippen LogP contribution in [0.3, 0.4) is 0 Å². The van der Waals surface area contributed by atoms with Crippen LogP contribution in [0.15, 0.2) is 97.2 Å². The molecular weight excluding hydrogens is 817 g/mol. The lowest BCUT2D eigenvalue weighted by Gasteiger charge is -2.18. The van der Waals surface area contributed by atoms with E-state index in [0.717, 1.165) is 122 Å². The lowest BCUT2D eigenvalue weighted by atomic mass is 10.0. The normalized spacial score (nSPS) is 12.8. The summed E-state index contributed by atoms with van der Waals surface area (Å²) in [5, 5.41) is 0. The average Bonchev–Trinajstić information content (AvgIpc) is 3.31. The van der Waals surface area contributed by atoms with E-state index in [0.29, 0.717) is 19.3 Å². The first-order valence-corrected chi connectivity index (χ1v) is 27.2. The van der Waals surface area contributed by atoms with Crippen LogP contribution in [-0.4, -0.2) is 37.2 Å². The summed E-state index contributed by atoms with van der Waals surface area (Å²) < 4.78 is 16.8. The van der Waals surface area contributed by atoms with Gasteiger partial charge < -0.3 is 14.2 Å². The van der Waals surface area contributed by atoms with E-state index in [1.54, 1.807) is 0 Å². The molecule has 0 rings (SSSR count). The van der Waals surface area contributed by atoms with Gasteiger partial charge in [-0.2, -0.15) is 0 Å². The zero-order chi connectivity index (χ0) is 47.9. The molecule has 0 aliphatic carbocycles. The minimum absolute atomic E-state index is 0.1000. The third-order valence-corrected chi connectivity index (χ3v) is 11.3. The standard InChI is InChI=1S/C60H100O6/c1-4-7-10-13-16-19-22-25-27-29-30-32-34-36-39-41-44-47-50-53-59(62)65-56-57(66-60(63)54-51-48-45-42-37-24-21-18-15-12-9-6-3)55-64-58(61)52-49-46-43-40-38-35-33-31-28-26-23-20-17-14-11-8-5-2/h8,11,16-17,19-20,25-28,30,32-33,35-36,39,57H,4-7,9-10,12-15,18,21-24,29,31,34,37-38,40-56H2,1-3H3/b11-8-,19-16-,20-17-,27-25-,28-26-,32-30-,35-33-,39-36-/t57-/m1/s1. The van der Waals surface area contributed by atoms with Gasteiger partial charge in [-0.15, -0.1) is 0 Å². The zero-order valence-corrected chi connectivity index (χ0v) is 42.9. The Morgan fingerprint density at radius 1 is 0.318 bits per heavy atom. The van der Waals surface area contributed by atoms with Crippen molar-refractivity contribution in [1.82, 2.24) is 0 Å². The minimum Gasteiger partial charge on any atom is -0.462 e. The summed E-state index contributed by atoms with van der Waals surface area (Å²) >= 11 is 0. The van der Waals surface area contributed by atoms with Gasteiger partial charge in [0.2, 0.25) is 0 Å². The highest BCUT2D eigenvalue weighted by Crippen LogP contribution is 2.14. The fourth-order valence-electron chi connectivity index (χ4n) is 7.24. The zero-order valence-electron chi connectivity index (χ0n) is 42.9. The lowest BCUT2D eigenvalue weighted by molar-refractivity contribution is -0.167. The molecule has 0 aromatic rings. The van der Waals surface area contributed by atoms with Gasteiger partial charge in [0.25, 0.3) is 0 Å². The SMILES string of the molecule is CC/C=C\C/C=C\C/C=C\C/C=C\CCCCCCC(=O)OC[C@H](COC(=O)CCCCC/C=C\C/C=C\C/C=C\C/C=C\CCCCC)OC(=O)CCCCCCCCCCCCCC. The van der Waals surface area contributed by atoms with Crippen molar-refractivity contribution in [2.75, 3.05) is 13.2 Å². The Morgan fingerprint density at radius 3 is 0.970 bits per heavy atom. The third-order valence-electron chi connectivity index (χ3n) is 11.3. The summed E-state index contributed by atoms with van der Waals surface area (Å²) in [6.07, 6.45) is 71.0. The number of carbonyl (C=O) groups excluding carboxylic acids is 3. The van der Waals surface area contributed by atoms with E-state index in [1.165, 1.54) is 83.5 Å². The Labute approximate surface area is 407 Å². The van der Waals surface area contributed by atoms with Gasteiger partial charge in [-0.25, -0.2) is 0 Å². The van der Waals surface area contributed by atoms with Gasteiger partial charge in [0.15, 0.2) is 6.10 Å². The summed E-state index contributed by atoms with van der Waals surface area (Å²) in [5.74, 6) is -0.952. The molecule has 0 saturated heterocycles. The van der Waals surface area contributed by atoms with E-state index in [-0.39, 0.29) is 31.1 Å². The summed E-state index contributed by atoms with van der Waals surface area (Å²) in [6, 6.07) is 0. The smallest absolute Gasteiger partial charge is 0.306 e. The van der Waals surface area contributed by atoms with Crippen LogP contribution in [0.5, 0.6) is 0 Å². The topological polar surface area (TPSA) is 78.9 Å². The molecule has 6 nitrogen and oxygen atoms in total.